The summed E-state index contributed by atoms with van der Waals surface area (Å²) in [6, 6.07) is 9.88. The summed E-state index contributed by atoms with van der Waals surface area (Å²) >= 11 is 0. The molecular weight excluding hydrogens is 346 g/mol. The molecule has 3 rings (SSSR count). The van der Waals surface area contributed by atoms with Gasteiger partial charge in [-0.15, -0.1) is 0 Å². The number of hydrogen-bond donors (Lipinski definition) is 5. The van der Waals surface area contributed by atoms with Crippen LogP contribution in [-0.4, -0.2) is 44.8 Å². The van der Waals surface area contributed by atoms with Crippen LogP contribution in [0.15, 0.2) is 30.3 Å². The van der Waals surface area contributed by atoms with Crippen molar-refractivity contribution in [1.82, 2.24) is 16.0 Å². The van der Waals surface area contributed by atoms with E-state index in [2.05, 4.69) is 41.1 Å². The van der Waals surface area contributed by atoms with Gasteiger partial charge >= 0.3 is 0 Å². The molecule has 1 fully saturated rings. The van der Waals surface area contributed by atoms with E-state index in [-0.39, 0.29) is 0 Å². The highest BCUT2D eigenvalue weighted by atomic mass is 15.0. The number of rotatable bonds is 7. The first-order valence-electron chi connectivity index (χ1n) is 11.0. The van der Waals surface area contributed by atoms with E-state index in [9.17, 15) is 0 Å². The molecular formula is C23H41N5. The maximum atomic E-state index is 6.06. The quantitative estimate of drug-likeness (QED) is 0.367. The van der Waals surface area contributed by atoms with Crippen LogP contribution in [0.3, 0.4) is 0 Å². The van der Waals surface area contributed by atoms with Gasteiger partial charge < -0.3 is 27.4 Å². The van der Waals surface area contributed by atoms with E-state index < -0.39 is 0 Å². The summed E-state index contributed by atoms with van der Waals surface area (Å²) in [7, 11) is 2.03. The van der Waals surface area contributed by atoms with Crippen molar-refractivity contribution in [3.8, 4) is 0 Å². The van der Waals surface area contributed by atoms with Crippen LogP contribution in [0.25, 0.3) is 5.57 Å². The van der Waals surface area contributed by atoms with Crippen LogP contribution >= 0.6 is 0 Å². The van der Waals surface area contributed by atoms with Crippen molar-refractivity contribution in [3.63, 3.8) is 0 Å². The van der Waals surface area contributed by atoms with Gasteiger partial charge in [0.1, 0.15) is 0 Å². The fourth-order valence-electron chi connectivity index (χ4n) is 3.91. The van der Waals surface area contributed by atoms with Crippen molar-refractivity contribution < 1.29 is 0 Å². The fourth-order valence-corrected chi connectivity index (χ4v) is 3.91. The molecule has 1 aliphatic carbocycles. The van der Waals surface area contributed by atoms with E-state index in [4.69, 9.17) is 11.5 Å². The molecule has 0 radical (unpaired) electrons. The van der Waals surface area contributed by atoms with Crippen LogP contribution in [0, 0.1) is 0 Å². The predicted octanol–water partition coefficient (Wildman–Crippen LogP) is 2.88. The van der Waals surface area contributed by atoms with Gasteiger partial charge in [0.2, 0.25) is 0 Å². The Labute approximate surface area is 171 Å². The molecule has 1 aromatic carbocycles. The van der Waals surface area contributed by atoms with Crippen LogP contribution in [0.1, 0.15) is 57.4 Å². The zero-order valence-electron chi connectivity index (χ0n) is 17.8. The molecule has 1 atom stereocenters. The molecule has 5 heteroatoms. The van der Waals surface area contributed by atoms with Gasteiger partial charge in [-0.05, 0) is 63.8 Å². The number of hydrogen-bond acceptors (Lipinski definition) is 5. The Morgan fingerprint density at radius 1 is 1.14 bits per heavy atom. The molecule has 2 aliphatic rings. The minimum atomic E-state index is 0.481. The maximum absolute atomic E-state index is 6.06. The molecule has 5 nitrogen and oxygen atoms in total. The van der Waals surface area contributed by atoms with Crippen LogP contribution < -0.4 is 27.4 Å². The number of anilines is 1. The van der Waals surface area contributed by atoms with E-state index in [0.29, 0.717) is 12.1 Å². The predicted molar refractivity (Wildman–Crippen MR) is 122 cm³/mol. The molecule has 1 saturated carbocycles. The normalized spacial score (nSPS) is 24.8. The van der Waals surface area contributed by atoms with Gasteiger partial charge in [-0.25, -0.2) is 0 Å². The minimum Gasteiger partial charge on any atom is -0.398 e. The first-order chi connectivity index (χ1) is 13.6. The summed E-state index contributed by atoms with van der Waals surface area (Å²) in [5.41, 5.74) is 15.2. The largest absolute Gasteiger partial charge is 0.398 e. The summed E-state index contributed by atoms with van der Waals surface area (Å²) in [5.74, 6) is 0. The molecule has 1 aliphatic heterocycles. The number of nitrogens with two attached hydrogens (primary N) is 2. The monoisotopic (exact) mass is 387 g/mol. The van der Waals surface area contributed by atoms with Crippen LogP contribution in [-0.2, 0) is 0 Å². The Hall–Kier alpha value is -1.40. The van der Waals surface area contributed by atoms with E-state index >= 15 is 0 Å². The summed E-state index contributed by atoms with van der Waals surface area (Å²) in [6.45, 7) is 5.30. The molecule has 0 amide bonds. The number of para-hydroxylation sites is 1. The van der Waals surface area contributed by atoms with Crippen LogP contribution in [0.4, 0.5) is 5.69 Å². The fraction of sp³-hybridized carbons (Fsp3) is 0.652. The van der Waals surface area contributed by atoms with Crippen molar-refractivity contribution in [3.05, 3.63) is 35.9 Å². The standard InChI is InChI=1S/C16H25N3.C7H16N2/c1-2-3-9-18-12-14-11-13(8-10-19-14)15-6-4-5-7-16(15)17;1-9-7-4-2-6(8)3-5-7/h4-8,14,18-19H,2-3,9-12,17H2,1H3;6-7,9H,2-5,8H2,1H3. The Bertz CT molecular complexity index is 578. The molecule has 1 aromatic rings. The van der Waals surface area contributed by atoms with Gasteiger partial charge in [0.15, 0.2) is 0 Å². The van der Waals surface area contributed by atoms with Crippen LogP contribution in [0.2, 0.25) is 0 Å². The molecule has 7 N–H and O–H groups in total. The smallest absolute Gasteiger partial charge is 0.0390 e. The molecule has 1 heterocycles. The zero-order chi connectivity index (χ0) is 20.2. The summed E-state index contributed by atoms with van der Waals surface area (Å²) in [4.78, 5) is 0. The molecule has 0 spiro atoms. The van der Waals surface area contributed by atoms with Crippen LogP contribution in [0.5, 0.6) is 0 Å². The Morgan fingerprint density at radius 2 is 1.89 bits per heavy atom. The Balaban J connectivity index is 0.000000261. The van der Waals surface area contributed by atoms with E-state index in [1.807, 2.05) is 19.2 Å². The molecule has 0 aromatic heterocycles. The summed E-state index contributed by atoms with van der Waals surface area (Å²) < 4.78 is 0. The average Bonchev–Trinajstić information content (AvgIpc) is 2.73. The summed E-state index contributed by atoms with van der Waals surface area (Å²) in [6.07, 6.45) is 10.7. The molecule has 0 bridgehead atoms. The number of nitrogen functional groups attached to an aromatic ring is 1. The van der Waals surface area contributed by atoms with Crippen molar-refractivity contribution in [2.24, 2.45) is 5.73 Å². The first-order valence-corrected chi connectivity index (χ1v) is 11.0. The SMILES string of the molecule is CCCCNCC1CC(c2ccccc2N)=CCN1.CNC1CCC(N)CC1. The third-order valence-corrected chi connectivity index (χ3v) is 5.81. The molecule has 1 unspecified atom stereocenters. The Morgan fingerprint density at radius 3 is 2.57 bits per heavy atom. The van der Waals surface area contributed by atoms with Crippen molar-refractivity contribution in [2.45, 2.75) is 70.0 Å². The lowest BCUT2D eigenvalue weighted by molar-refractivity contribution is 0.358. The first kappa shape index (κ1) is 22.9. The third kappa shape index (κ3) is 7.92. The van der Waals surface area contributed by atoms with E-state index in [0.717, 1.165) is 37.8 Å². The lowest BCUT2D eigenvalue weighted by Gasteiger charge is -2.25. The highest BCUT2D eigenvalue weighted by Gasteiger charge is 2.17. The second-order valence-corrected chi connectivity index (χ2v) is 8.08. The van der Waals surface area contributed by atoms with Gasteiger partial charge in [-0.1, -0.05) is 37.6 Å². The lowest BCUT2D eigenvalue weighted by atomic mass is 9.92. The highest BCUT2D eigenvalue weighted by molar-refractivity contribution is 5.75. The van der Waals surface area contributed by atoms with Gasteiger partial charge in [0, 0.05) is 42.5 Å². The third-order valence-electron chi connectivity index (χ3n) is 5.81. The number of benzene rings is 1. The Kier molecular flexibility index (Phi) is 10.6. The molecule has 0 saturated heterocycles. The van der Waals surface area contributed by atoms with Crippen molar-refractivity contribution in [2.75, 3.05) is 32.4 Å². The van der Waals surface area contributed by atoms with E-state index in [1.165, 1.54) is 49.7 Å². The summed E-state index contributed by atoms with van der Waals surface area (Å²) in [5, 5.41) is 10.3. The van der Waals surface area contributed by atoms with Gasteiger partial charge in [0.25, 0.3) is 0 Å². The topological polar surface area (TPSA) is 88.1 Å². The zero-order valence-corrected chi connectivity index (χ0v) is 17.8. The molecule has 158 valence electrons. The highest BCUT2D eigenvalue weighted by Crippen LogP contribution is 2.26. The second-order valence-electron chi connectivity index (χ2n) is 8.08. The maximum Gasteiger partial charge on any atom is 0.0390 e. The minimum absolute atomic E-state index is 0.481. The van der Waals surface area contributed by atoms with Gasteiger partial charge in [-0.2, -0.15) is 0 Å². The van der Waals surface area contributed by atoms with Crippen molar-refractivity contribution >= 4 is 11.3 Å². The number of unbranched alkanes of at least 4 members (excludes halogenated alkanes) is 1. The second kappa shape index (κ2) is 12.9. The van der Waals surface area contributed by atoms with Crippen molar-refractivity contribution in [1.29, 1.82) is 0 Å². The van der Waals surface area contributed by atoms with Gasteiger partial charge in [-0.3, -0.25) is 0 Å². The van der Waals surface area contributed by atoms with E-state index in [1.54, 1.807) is 0 Å². The van der Waals surface area contributed by atoms with Gasteiger partial charge in [0.05, 0.1) is 0 Å². The average molecular weight is 388 g/mol. The number of nitrogens with one attached hydrogen (secondary N) is 3. The molecule has 28 heavy (non-hydrogen) atoms. The lowest BCUT2D eigenvalue weighted by Crippen LogP contribution is -2.41.